The number of rotatable bonds is 4. The van der Waals surface area contributed by atoms with E-state index in [1.54, 1.807) is 0 Å². The molecule has 0 aliphatic heterocycles. The summed E-state index contributed by atoms with van der Waals surface area (Å²) in [5.74, 6) is 0. The van der Waals surface area contributed by atoms with E-state index < -0.39 is 27.2 Å². The van der Waals surface area contributed by atoms with E-state index in [1.807, 2.05) is 0 Å². The first kappa shape index (κ1) is 10.0. The van der Waals surface area contributed by atoms with Crippen LogP contribution < -0.4 is 0 Å². The highest BCUT2D eigenvalue weighted by molar-refractivity contribution is 7.46. The van der Waals surface area contributed by atoms with Gasteiger partial charge in [0, 0.05) is 0 Å². The molecule has 0 heterocycles. The van der Waals surface area contributed by atoms with Crippen molar-refractivity contribution in [2.24, 2.45) is 0 Å². The lowest BCUT2D eigenvalue weighted by atomic mass is 10.4. The third kappa shape index (κ3) is 4.84. The molecule has 0 saturated heterocycles. The zero-order valence-corrected chi connectivity index (χ0v) is 5.83. The predicted octanol–water partition coefficient (Wildman–Crippen LogP) is -0.136. The molecule has 0 aromatic carbocycles. The maximum Gasteiger partial charge on any atom is 0.470 e. The highest BCUT2D eigenvalue weighted by Gasteiger charge is 2.21. The molecular weight excluding hydrogens is 166 g/mol. The second-order valence-electron chi connectivity index (χ2n) is 1.54. The van der Waals surface area contributed by atoms with E-state index in [2.05, 4.69) is 4.52 Å². The second-order valence-corrected chi connectivity index (χ2v) is 2.73. The molecule has 0 saturated carbocycles. The van der Waals surface area contributed by atoms with Gasteiger partial charge in [0.25, 0.3) is 0 Å². The Morgan fingerprint density at radius 1 is 1.60 bits per heavy atom. The van der Waals surface area contributed by atoms with Crippen molar-refractivity contribution in [3.05, 3.63) is 0 Å². The van der Waals surface area contributed by atoms with E-state index in [1.165, 1.54) is 0 Å². The van der Waals surface area contributed by atoms with Gasteiger partial charge in [-0.2, -0.15) is 0 Å². The summed E-state index contributed by atoms with van der Waals surface area (Å²) in [6.07, 6.45) is -1.54. The van der Waals surface area contributed by atoms with E-state index in [4.69, 9.17) is 9.79 Å². The molecule has 0 amide bonds. The number of phosphoric acid groups is 1. The van der Waals surface area contributed by atoms with Crippen molar-refractivity contribution < 1.29 is 28.4 Å². The molecule has 0 spiro atoms. The summed E-state index contributed by atoms with van der Waals surface area (Å²) >= 11 is 0. The topological polar surface area (TPSA) is 86.7 Å². The van der Waals surface area contributed by atoms with Gasteiger partial charge in [-0.3, -0.25) is 4.52 Å². The van der Waals surface area contributed by atoms with Crippen molar-refractivity contribution >= 4 is 7.82 Å². The lowest BCUT2D eigenvalue weighted by Crippen LogP contribution is -2.17. The third-order valence-corrected chi connectivity index (χ3v) is 1.22. The summed E-state index contributed by atoms with van der Waals surface area (Å²) in [7, 11) is -4.69. The normalized spacial score (nSPS) is 15.2. The van der Waals surface area contributed by atoms with Crippen LogP contribution in [0, 0.1) is 0 Å². The van der Waals surface area contributed by atoms with Crippen molar-refractivity contribution in [3.8, 4) is 0 Å². The molecule has 0 rings (SSSR count). The van der Waals surface area contributed by atoms with Crippen LogP contribution in [-0.4, -0.2) is 29.2 Å². The monoisotopic (exact) mass is 173 g/mol. The van der Waals surface area contributed by atoms with E-state index >= 15 is 0 Å². The van der Waals surface area contributed by atoms with E-state index in [9.17, 15) is 14.1 Å². The summed E-state index contributed by atoms with van der Waals surface area (Å²) in [5, 5.41) is 9.83. The Kier molecular flexibility index (Phi) is 4.00. The molecule has 0 aromatic heterocycles. The third-order valence-electron chi connectivity index (χ3n) is 0.644. The highest BCUT2D eigenvalue weighted by atomic mass is 31.2. The van der Waals surface area contributed by atoms with Crippen molar-refractivity contribution in [1.82, 2.24) is 0 Å². The average Bonchev–Trinajstić information content (AvgIpc) is 1.81. The van der Waals surface area contributed by atoms with E-state index in [-0.39, 0.29) is 0 Å². The van der Waals surface area contributed by atoms with Crippen LogP contribution in [0.5, 0.6) is 0 Å². The van der Waals surface area contributed by atoms with E-state index in [0.717, 1.165) is 0 Å². The van der Waals surface area contributed by atoms with Gasteiger partial charge in [0.05, 0.1) is 0 Å². The lowest BCUT2D eigenvalue weighted by molar-refractivity contribution is 0.0347. The Labute approximate surface area is 56.7 Å². The zero-order chi connectivity index (χ0) is 8.20. The van der Waals surface area contributed by atoms with Crippen LogP contribution in [0.25, 0.3) is 0 Å². The molecule has 0 unspecified atom stereocenters. The molecule has 0 aliphatic carbocycles. The van der Waals surface area contributed by atoms with Gasteiger partial charge in [-0.1, -0.05) is 0 Å². The number of hydrogen-bond acceptors (Lipinski definition) is 2. The smallest absolute Gasteiger partial charge is 0.303 e. The largest absolute Gasteiger partial charge is 0.470 e. The Bertz CT molecular complexity index is 129. The Morgan fingerprint density at radius 3 is 2.20 bits per heavy atom. The molecule has 0 fully saturated rings. The average molecular weight is 173 g/mol. The van der Waals surface area contributed by atoms with Gasteiger partial charge in [0.1, 0.15) is 19.4 Å². The highest BCUT2D eigenvalue weighted by Crippen LogP contribution is 2.37. The van der Waals surface area contributed by atoms with Gasteiger partial charge in [-0.15, -0.1) is 0 Å². The summed E-state index contributed by atoms with van der Waals surface area (Å²) in [6, 6.07) is 0. The zero-order valence-electron chi connectivity index (χ0n) is 4.94. The van der Waals surface area contributed by atoms with Gasteiger partial charge in [0.15, 0.2) is 0 Å². The molecule has 61 valence electrons. The second kappa shape index (κ2) is 4.00. The van der Waals surface area contributed by atoms with Crippen LogP contribution >= 0.6 is 7.82 Å². The fourth-order valence-corrected chi connectivity index (χ4v) is 0.803. The Balaban J connectivity index is 3.75. The van der Waals surface area contributed by atoms with Crippen LogP contribution in [0.3, 0.4) is 0 Å². The van der Waals surface area contributed by atoms with Crippen molar-refractivity contribution in [3.63, 3.8) is 0 Å². The fourth-order valence-electron chi connectivity index (χ4n) is 0.297. The summed E-state index contributed by atoms with van der Waals surface area (Å²) in [5.41, 5.74) is 0. The van der Waals surface area contributed by atoms with Gasteiger partial charge >= 0.3 is 7.82 Å². The fraction of sp³-hybridized carbons (Fsp3) is 1.00. The molecule has 1 atom stereocenters. The first-order chi connectivity index (χ1) is 4.49. The SMILES string of the molecule is [O]C[C@@H](CF)OP(=O)(O)O. The first-order valence-corrected chi connectivity index (χ1v) is 3.90. The van der Waals surface area contributed by atoms with Crippen LogP contribution in [0.15, 0.2) is 0 Å². The van der Waals surface area contributed by atoms with Crippen LogP contribution in [0.2, 0.25) is 0 Å². The Hall–Kier alpha value is -0.0000000000000000416. The van der Waals surface area contributed by atoms with Crippen molar-refractivity contribution in [2.45, 2.75) is 6.10 Å². The van der Waals surface area contributed by atoms with Crippen LogP contribution in [-0.2, 0) is 14.2 Å². The molecule has 0 bridgehead atoms. The molecule has 10 heavy (non-hydrogen) atoms. The number of halogens is 1. The lowest BCUT2D eigenvalue weighted by Gasteiger charge is -2.10. The van der Waals surface area contributed by atoms with Gasteiger partial charge in [-0.25, -0.2) is 14.1 Å². The number of phosphoric ester groups is 1. The summed E-state index contributed by atoms with van der Waals surface area (Å²) < 4.78 is 25.2. The quantitative estimate of drug-likeness (QED) is 0.579. The van der Waals surface area contributed by atoms with Gasteiger partial charge < -0.3 is 9.79 Å². The molecule has 0 aliphatic rings. The van der Waals surface area contributed by atoms with Crippen LogP contribution in [0.4, 0.5) is 4.39 Å². The minimum absolute atomic E-state index is 0.998. The molecular formula is C3H7FO5P. The van der Waals surface area contributed by atoms with Gasteiger partial charge in [0.2, 0.25) is 0 Å². The number of hydrogen-bond donors (Lipinski definition) is 2. The molecule has 0 aromatic rings. The number of alkyl halides is 1. The Morgan fingerprint density at radius 2 is 2.10 bits per heavy atom. The first-order valence-electron chi connectivity index (χ1n) is 2.37. The molecule has 5 nitrogen and oxygen atoms in total. The van der Waals surface area contributed by atoms with Crippen molar-refractivity contribution in [1.29, 1.82) is 0 Å². The molecule has 7 heteroatoms. The standard InChI is InChI=1S/C3H7FO5P/c4-1-3(2-5)9-10(6,7)8/h3H,1-2H2,(H2,6,7,8)/t3-/m1/s1. The van der Waals surface area contributed by atoms with Crippen LogP contribution in [0.1, 0.15) is 0 Å². The maximum absolute atomic E-state index is 11.5. The summed E-state index contributed by atoms with van der Waals surface area (Å²) in [4.78, 5) is 16.1. The predicted molar refractivity (Wildman–Crippen MR) is 28.4 cm³/mol. The minimum Gasteiger partial charge on any atom is -0.303 e. The van der Waals surface area contributed by atoms with Gasteiger partial charge in [-0.05, 0) is 0 Å². The van der Waals surface area contributed by atoms with Crippen molar-refractivity contribution in [2.75, 3.05) is 13.3 Å². The summed E-state index contributed by atoms with van der Waals surface area (Å²) in [6.45, 7) is -2.18. The molecule has 1 radical (unpaired) electrons. The minimum atomic E-state index is -4.69. The van der Waals surface area contributed by atoms with E-state index in [0.29, 0.717) is 0 Å². The molecule has 2 N–H and O–H groups in total. The maximum atomic E-state index is 11.5.